The second-order valence-corrected chi connectivity index (χ2v) is 4.21. The number of carbonyl (C=O) groups is 1. The number of nitrogens with zero attached hydrogens (tertiary/aromatic N) is 2. The lowest BCUT2D eigenvalue weighted by Crippen LogP contribution is -2.22. The number of pyridine rings is 1. The minimum atomic E-state index is -0.900. The van der Waals surface area contributed by atoms with Crippen LogP contribution in [0, 0.1) is 5.92 Å². The normalized spacial score (nSPS) is 20.1. The van der Waals surface area contributed by atoms with Crippen LogP contribution in [0.15, 0.2) is 18.5 Å². The van der Waals surface area contributed by atoms with Crippen molar-refractivity contribution in [1.29, 1.82) is 0 Å². The Balaban J connectivity index is 2.24. The summed E-state index contributed by atoms with van der Waals surface area (Å²) >= 11 is 0. The Hall–Kier alpha value is -1.58. The molecule has 1 saturated heterocycles. The molecular weight excluding hydrogens is 204 g/mol. The SMILES string of the molecule is CC[C@H]1CCN(c2ccncc2C(=O)O)C1. The molecule has 4 heteroatoms. The highest BCUT2D eigenvalue weighted by Gasteiger charge is 2.24. The van der Waals surface area contributed by atoms with Crippen LogP contribution in [0.4, 0.5) is 5.69 Å². The van der Waals surface area contributed by atoms with Gasteiger partial charge >= 0.3 is 5.97 Å². The van der Waals surface area contributed by atoms with E-state index in [0.29, 0.717) is 11.5 Å². The second kappa shape index (κ2) is 4.51. The third kappa shape index (κ3) is 2.01. The zero-order valence-electron chi connectivity index (χ0n) is 9.39. The summed E-state index contributed by atoms with van der Waals surface area (Å²) in [5, 5.41) is 9.08. The number of hydrogen-bond donors (Lipinski definition) is 1. The van der Waals surface area contributed by atoms with Crippen LogP contribution >= 0.6 is 0 Å². The predicted molar refractivity (Wildman–Crippen MR) is 61.8 cm³/mol. The van der Waals surface area contributed by atoms with Gasteiger partial charge in [0.15, 0.2) is 0 Å². The van der Waals surface area contributed by atoms with Crippen molar-refractivity contribution in [2.24, 2.45) is 5.92 Å². The van der Waals surface area contributed by atoms with Crippen LogP contribution in [-0.4, -0.2) is 29.1 Å². The van der Waals surface area contributed by atoms with Gasteiger partial charge in [-0.1, -0.05) is 13.3 Å². The maximum atomic E-state index is 11.1. The molecule has 1 fully saturated rings. The number of aromatic carboxylic acids is 1. The van der Waals surface area contributed by atoms with Gasteiger partial charge < -0.3 is 10.0 Å². The summed E-state index contributed by atoms with van der Waals surface area (Å²) in [4.78, 5) is 17.1. The first kappa shape index (κ1) is 10.9. The first-order valence-corrected chi connectivity index (χ1v) is 5.64. The van der Waals surface area contributed by atoms with Crippen molar-refractivity contribution in [2.45, 2.75) is 19.8 Å². The Morgan fingerprint density at radius 3 is 3.12 bits per heavy atom. The summed E-state index contributed by atoms with van der Waals surface area (Å²) in [7, 11) is 0. The lowest BCUT2D eigenvalue weighted by Gasteiger charge is -2.20. The number of carboxylic acids is 1. The molecule has 0 amide bonds. The number of carboxylic acid groups (broad SMARTS) is 1. The minimum absolute atomic E-state index is 0.305. The molecule has 0 radical (unpaired) electrons. The molecule has 0 bridgehead atoms. The van der Waals surface area contributed by atoms with Crippen molar-refractivity contribution in [3.8, 4) is 0 Å². The van der Waals surface area contributed by atoms with Gasteiger partial charge in [0, 0.05) is 25.5 Å². The molecule has 0 aromatic carbocycles. The fraction of sp³-hybridized carbons (Fsp3) is 0.500. The van der Waals surface area contributed by atoms with Crippen LogP contribution in [0.5, 0.6) is 0 Å². The number of rotatable bonds is 3. The van der Waals surface area contributed by atoms with Gasteiger partial charge in [-0.25, -0.2) is 4.79 Å². The molecule has 86 valence electrons. The molecule has 0 saturated carbocycles. The summed E-state index contributed by atoms with van der Waals surface area (Å²) in [5.74, 6) is -0.210. The zero-order chi connectivity index (χ0) is 11.5. The van der Waals surface area contributed by atoms with Gasteiger partial charge in [0.05, 0.1) is 5.69 Å². The van der Waals surface area contributed by atoms with Gasteiger partial charge in [0.1, 0.15) is 5.56 Å². The van der Waals surface area contributed by atoms with Crippen LogP contribution in [0.25, 0.3) is 0 Å². The van der Waals surface area contributed by atoms with E-state index in [9.17, 15) is 4.79 Å². The molecule has 2 rings (SSSR count). The highest BCUT2D eigenvalue weighted by Crippen LogP contribution is 2.27. The van der Waals surface area contributed by atoms with Gasteiger partial charge in [-0.2, -0.15) is 0 Å². The molecular formula is C12H16N2O2. The molecule has 1 N–H and O–H groups in total. The van der Waals surface area contributed by atoms with Crippen molar-refractivity contribution in [2.75, 3.05) is 18.0 Å². The molecule has 2 heterocycles. The molecule has 1 aliphatic rings. The van der Waals surface area contributed by atoms with Gasteiger partial charge in [0.25, 0.3) is 0 Å². The molecule has 1 aliphatic heterocycles. The van der Waals surface area contributed by atoms with Gasteiger partial charge in [0.2, 0.25) is 0 Å². The standard InChI is InChI=1S/C12H16N2O2/c1-2-9-4-6-14(8-9)11-3-5-13-7-10(11)12(15)16/h3,5,7,9H,2,4,6,8H2,1H3,(H,15,16)/t9-/m0/s1. The summed E-state index contributed by atoms with van der Waals surface area (Å²) in [5.41, 5.74) is 1.11. The lowest BCUT2D eigenvalue weighted by molar-refractivity contribution is 0.0697. The molecule has 4 nitrogen and oxygen atoms in total. The van der Waals surface area contributed by atoms with Crippen molar-refractivity contribution < 1.29 is 9.90 Å². The molecule has 0 aliphatic carbocycles. The van der Waals surface area contributed by atoms with Crippen LogP contribution in [0.2, 0.25) is 0 Å². The fourth-order valence-corrected chi connectivity index (χ4v) is 2.21. The summed E-state index contributed by atoms with van der Waals surface area (Å²) in [6, 6.07) is 1.79. The van der Waals surface area contributed by atoms with Gasteiger partial charge in [-0.3, -0.25) is 4.98 Å². The maximum absolute atomic E-state index is 11.1. The fourth-order valence-electron chi connectivity index (χ4n) is 2.21. The van der Waals surface area contributed by atoms with Crippen molar-refractivity contribution >= 4 is 11.7 Å². The Kier molecular flexibility index (Phi) is 3.08. The summed E-state index contributed by atoms with van der Waals surface area (Å²) < 4.78 is 0. The van der Waals surface area contributed by atoms with E-state index in [0.717, 1.165) is 31.6 Å². The first-order valence-electron chi connectivity index (χ1n) is 5.64. The zero-order valence-corrected chi connectivity index (χ0v) is 9.39. The Morgan fingerprint density at radius 1 is 1.69 bits per heavy atom. The molecule has 0 spiro atoms. The summed E-state index contributed by atoms with van der Waals surface area (Å²) in [6.07, 6.45) is 5.39. The van der Waals surface area contributed by atoms with Crippen molar-refractivity contribution in [3.63, 3.8) is 0 Å². The average Bonchev–Trinajstić information content (AvgIpc) is 2.77. The monoisotopic (exact) mass is 220 g/mol. The molecule has 1 aromatic rings. The van der Waals surface area contributed by atoms with Crippen molar-refractivity contribution in [1.82, 2.24) is 4.98 Å². The third-order valence-corrected chi connectivity index (χ3v) is 3.23. The number of aromatic nitrogens is 1. The second-order valence-electron chi connectivity index (χ2n) is 4.21. The number of hydrogen-bond acceptors (Lipinski definition) is 3. The van der Waals surface area contributed by atoms with E-state index in [1.807, 2.05) is 0 Å². The van der Waals surface area contributed by atoms with Crippen LogP contribution in [-0.2, 0) is 0 Å². The maximum Gasteiger partial charge on any atom is 0.339 e. The minimum Gasteiger partial charge on any atom is -0.478 e. The Morgan fingerprint density at radius 2 is 2.50 bits per heavy atom. The smallest absolute Gasteiger partial charge is 0.339 e. The highest BCUT2D eigenvalue weighted by molar-refractivity contribution is 5.94. The van der Waals surface area contributed by atoms with Crippen LogP contribution in [0.1, 0.15) is 30.1 Å². The quantitative estimate of drug-likeness (QED) is 0.846. The number of anilines is 1. The Labute approximate surface area is 94.9 Å². The van der Waals surface area contributed by atoms with E-state index in [1.165, 1.54) is 6.20 Å². The van der Waals surface area contributed by atoms with E-state index < -0.39 is 5.97 Å². The van der Waals surface area contributed by atoms with E-state index >= 15 is 0 Å². The van der Waals surface area contributed by atoms with Crippen LogP contribution < -0.4 is 4.90 Å². The largest absolute Gasteiger partial charge is 0.478 e. The molecule has 1 aromatic heterocycles. The topological polar surface area (TPSA) is 53.4 Å². The lowest BCUT2D eigenvalue weighted by atomic mass is 10.1. The summed E-state index contributed by atoms with van der Waals surface area (Å²) in [6.45, 7) is 4.09. The van der Waals surface area contributed by atoms with E-state index in [2.05, 4.69) is 16.8 Å². The predicted octanol–water partition coefficient (Wildman–Crippen LogP) is 2.02. The van der Waals surface area contributed by atoms with Gasteiger partial charge in [-0.15, -0.1) is 0 Å². The third-order valence-electron chi connectivity index (χ3n) is 3.23. The molecule has 1 atom stereocenters. The van der Waals surface area contributed by atoms with E-state index in [-0.39, 0.29) is 0 Å². The van der Waals surface area contributed by atoms with Crippen LogP contribution in [0.3, 0.4) is 0 Å². The highest BCUT2D eigenvalue weighted by atomic mass is 16.4. The van der Waals surface area contributed by atoms with E-state index in [4.69, 9.17) is 5.11 Å². The first-order chi connectivity index (χ1) is 7.72. The average molecular weight is 220 g/mol. The van der Waals surface area contributed by atoms with Crippen molar-refractivity contribution in [3.05, 3.63) is 24.0 Å². The molecule has 16 heavy (non-hydrogen) atoms. The van der Waals surface area contributed by atoms with Gasteiger partial charge in [-0.05, 0) is 18.4 Å². The Bertz CT molecular complexity index is 392. The molecule has 0 unspecified atom stereocenters. The van der Waals surface area contributed by atoms with E-state index in [1.54, 1.807) is 12.3 Å².